The molecule has 4 heteroatoms. The molecule has 19 heavy (non-hydrogen) atoms. The number of carbonyl (C=O) groups is 1. The number of rotatable bonds is 4. The molecule has 0 atom stereocenters. The zero-order chi connectivity index (χ0) is 13.7. The lowest BCUT2D eigenvalue weighted by Gasteiger charge is -2.36. The molecule has 1 aromatic carbocycles. The third-order valence-electron chi connectivity index (χ3n) is 3.52. The van der Waals surface area contributed by atoms with Crippen molar-refractivity contribution < 1.29 is 4.79 Å². The van der Waals surface area contributed by atoms with Crippen LogP contribution >= 0.6 is 11.6 Å². The molecule has 3 nitrogen and oxygen atoms in total. The summed E-state index contributed by atoms with van der Waals surface area (Å²) in [4.78, 5) is 16.2. The minimum Gasteiger partial charge on any atom is -0.368 e. The van der Waals surface area contributed by atoms with Crippen LogP contribution in [-0.2, 0) is 4.79 Å². The summed E-state index contributed by atoms with van der Waals surface area (Å²) < 4.78 is 0. The SMILES string of the molecule is Cc1cccc(N2CCN(C(=O)CCCCl)CC2)c1. The van der Waals surface area contributed by atoms with Crippen LogP contribution in [0.4, 0.5) is 5.69 Å². The third kappa shape index (κ3) is 3.87. The number of benzene rings is 1. The van der Waals surface area contributed by atoms with Gasteiger partial charge >= 0.3 is 0 Å². The molecule has 104 valence electrons. The van der Waals surface area contributed by atoms with Crippen LogP contribution in [0, 0.1) is 6.92 Å². The highest BCUT2D eigenvalue weighted by Crippen LogP contribution is 2.18. The maximum atomic E-state index is 11.9. The zero-order valence-corrected chi connectivity index (χ0v) is 12.2. The van der Waals surface area contributed by atoms with Gasteiger partial charge in [0.05, 0.1) is 0 Å². The number of anilines is 1. The molecule has 0 unspecified atom stereocenters. The first-order valence-electron chi connectivity index (χ1n) is 6.86. The number of alkyl halides is 1. The van der Waals surface area contributed by atoms with Crippen molar-refractivity contribution in [2.24, 2.45) is 0 Å². The van der Waals surface area contributed by atoms with Crippen LogP contribution in [0.15, 0.2) is 24.3 Å². The second-order valence-electron chi connectivity index (χ2n) is 5.00. The smallest absolute Gasteiger partial charge is 0.222 e. The molecule has 0 aromatic heterocycles. The van der Waals surface area contributed by atoms with Crippen molar-refractivity contribution in [2.45, 2.75) is 19.8 Å². The van der Waals surface area contributed by atoms with E-state index < -0.39 is 0 Å². The minimum absolute atomic E-state index is 0.240. The number of carbonyl (C=O) groups excluding carboxylic acids is 1. The molecule has 2 rings (SSSR count). The molecule has 1 aromatic rings. The van der Waals surface area contributed by atoms with Crippen LogP contribution in [0.2, 0.25) is 0 Å². The molecule has 0 radical (unpaired) electrons. The van der Waals surface area contributed by atoms with Crippen molar-refractivity contribution in [3.63, 3.8) is 0 Å². The summed E-state index contributed by atoms with van der Waals surface area (Å²) in [7, 11) is 0. The topological polar surface area (TPSA) is 23.6 Å². The van der Waals surface area contributed by atoms with Gasteiger partial charge in [-0.1, -0.05) is 12.1 Å². The molecule has 1 aliphatic rings. The molecule has 0 spiro atoms. The average Bonchev–Trinajstić information content (AvgIpc) is 2.45. The van der Waals surface area contributed by atoms with Crippen molar-refractivity contribution in [2.75, 3.05) is 37.0 Å². The average molecular weight is 281 g/mol. The van der Waals surface area contributed by atoms with Crippen molar-refractivity contribution in [1.29, 1.82) is 0 Å². The van der Waals surface area contributed by atoms with E-state index in [4.69, 9.17) is 11.6 Å². The molecule has 1 saturated heterocycles. The number of piperazine rings is 1. The predicted octanol–water partition coefficient (Wildman–Crippen LogP) is 2.66. The van der Waals surface area contributed by atoms with Crippen LogP contribution < -0.4 is 4.90 Å². The molecular weight excluding hydrogens is 260 g/mol. The number of nitrogens with zero attached hydrogens (tertiary/aromatic N) is 2. The summed E-state index contributed by atoms with van der Waals surface area (Å²) in [5, 5.41) is 0. The summed E-state index contributed by atoms with van der Waals surface area (Å²) in [5.74, 6) is 0.805. The van der Waals surface area contributed by atoms with E-state index in [0.717, 1.165) is 32.6 Å². The fraction of sp³-hybridized carbons (Fsp3) is 0.533. The number of hydrogen-bond acceptors (Lipinski definition) is 2. The van der Waals surface area contributed by atoms with Crippen LogP contribution in [0.3, 0.4) is 0 Å². The van der Waals surface area contributed by atoms with Gasteiger partial charge in [-0.3, -0.25) is 4.79 Å². The Kier molecular flexibility index (Phi) is 5.08. The fourth-order valence-corrected chi connectivity index (χ4v) is 2.55. The van der Waals surface area contributed by atoms with Crippen molar-refractivity contribution in [3.8, 4) is 0 Å². The molecular formula is C15H21ClN2O. The predicted molar refractivity (Wildman–Crippen MR) is 79.9 cm³/mol. The summed E-state index contributed by atoms with van der Waals surface area (Å²) >= 11 is 5.62. The van der Waals surface area contributed by atoms with Crippen molar-refractivity contribution in [3.05, 3.63) is 29.8 Å². The van der Waals surface area contributed by atoms with E-state index in [1.54, 1.807) is 0 Å². The molecule has 0 saturated carbocycles. The molecule has 0 aliphatic carbocycles. The Bertz CT molecular complexity index is 428. The normalized spacial score (nSPS) is 15.7. The summed E-state index contributed by atoms with van der Waals surface area (Å²) in [6.07, 6.45) is 1.35. The minimum atomic E-state index is 0.240. The monoisotopic (exact) mass is 280 g/mol. The van der Waals surface area contributed by atoms with E-state index >= 15 is 0 Å². The van der Waals surface area contributed by atoms with Crippen LogP contribution in [0.1, 0.15) is 18.4 Å². The van der Waals surface area contributed by atoms with Gasteiger partial charge in [0.1, 0.15) is 0 Å². The molecule has 0 bridgehead atoms. The zero-order valence-electron chi connectivity index (χ0n) is 11.4. The first-order valence-corrected chi connectivity index (χ1v) is 7.39. The molecule has 1 amide bonds. The van der Waals surface area contributed by atoms with E-state index in [-0.39, 0.29) is 5.91 Å². The Morgan fingerprint density at radius 1 is 1.26 bits per heavy atom. The van der Waals surface area contributed by atoms with E-state index in [2.05, 4.69) is 36.1 Å². The van der Waals surface area contributed by atoms with Gasteiger partial charge in [-0.05, 0) is 31.0 Å². The summed E-state index contributed by atoms with van der Waals surface area (Å²) in [6, 6.07) is 8.53. The highest BCUT2D eigenvalue weighted by Gasteiger charge is 2.20. The second-order valence-corrected chi connectivity index (χ2v) is 5.38. The Morgan fingerprint density at radius 2 is 2.00 bits per heavy atom. The Labute approximate surface area is 120 Å². The maximum absolute atomic E-state index is 11.9. The quantitative estimate of drug-likeness (QED) is 0.792. The highest BCUT2D eigenvalue weighted by molar-refractivity contribution is 6.17. The van der Waals surface area contributed by atoms with Crippen molar-refractivity contribution in [1.82, 2.24) is 4.90 Å². The van der Waals surface area contributed by atoms with Gasteiger partial charge in [0.2, 0.25) is 5.91 Å². The largest absolute Gasteiger partial charge is 0.368 e. The Hall–Kier alpha value is -1.22. The highest BCUT2D eigenvalue weighted by atomic mass is 35.5. The number of hydrogen-bond donors (Lipinski definition) is 0. The van der Waals surface area contributed by atoms with Gasteiger partial charge in [-0.15, -0.1) is 11.6 Å². The molecule has 1 fully saturated rings. The second kappa shape index (κ2) is 6.80. The Balaban J connectivity index is 1.87. The van der Waals surface area contributed by atoms with Crippen molar-refractivity contribution >= 4 is 23.2 Å². The molecule has 0 N–H and O–H groups in total. The van der Waals surface area contributed by atoms with Gasteiger partial charge in [0.15, 0.2) is 0 Å². The van der Waals surface area contributed by atoms with Gasteiger partial charge < -0.3 is 9.80 Å². The van der Waals surface area contributed by atoms with Crippen LogP contribution in [-0.4, -0.2) is 42.9 Å². The number of halogens is 1. The first-order chi connectivity index (χ1) is 9.20. The molecule has 1 aliphatic heterocycles. The Morgan fingerprint density at radius 3 is 2.63 bits per heavy atom. The number of amides is 1. The lowest BCUT2D eigenvalue weighted by molar-refractivity contribution is -0.131. The molecule has 1 heterocycles. The summed E-state index contributed by atoms with van der Waals surface area (Å²) in [5.41, 5.74) is 2.53. The first kappa shape index (κ1) is 14.2. The van der Waals surface area contributed by atoms with E-state index in [1.165, 1.54) is 11.3 Å². The van der Waals surface area contributed by atoms with Crippen LogP contribution in [0.5, 0.6) is 0 Å². The number of aryl methyl sites for hydroxylation is 1. The van der Waals surface area contributed by atoms with Gasteiger partial charge in [0, 0.05) is 44.2 Å². The summed E-state index contributed by atoms with van der Waals surface area (Å²) in [6.45, 7) is 5.56. The lowest BCUT2D eigenvalue weighted by Crippen LogP contribution is -2.48. The fourth-order valence-electron chi connectivity index (χ4n) is 2.41. The van der Waals surface area contributed by atoms with Gasteiger partial charge in [-0.2, -0.15) is 0 Å². The van der Waals surface area contributed by atoms with Crippen LogP contribution in [0.25, 0.3) is 0 Å². The lowest BCUT2D eigenvalue weighted by atomic mass is 10.2. The van der Waals surface area contributed by atoms with E-state index in [1.807, 2.05) is 4.90 Å². The van der Waals surface area contributed by atoms with E-state index in [9.17, 15) is 4.79 Å². The van der Waals surface area contributed by atoms with Gasteiger partial charge in [-0.25, -0.2) is 0 Å². The van der Waals surface area contributed by atoms with Gasteiger partial charge in [0.25, 0.3) is 0 Å². The standard InChI is InChI=1S/C15H21ClN2O/c1-13-4-2-5-14(12-13)17-8-10-18(11-9-17)15(19)6-3-7-16/h2,4-5,12H,3,6-11H2,1H3. The third-order valence-corrected chi connectivity index (χ3v) is 3.79. The maximum Gasteiger partial charge on any atom is 0.222 e. The van der Waals surface area contributed by atoms with E-state index in [0.29, 0.717) is 12.3 Å².